The third kappa shape index (κ3) is 3.98. The first kappa shape index (κ1) is 17.0. The van der Waals surface area contributed by atoms with Gasteiger partial charge in [0.15, 0.2) is 0 Å². The molecule has 24 heavy (non-hydrogen) atoms. The minimum atomic E-state index is -0.756. The zero-order valence-corrected chi connectivity index (χ0v) is 13.9. The van der Waals surface area contributed by atoms with E-state index in [9.17, 15) is 14.0 Å². The number of benzene rings is 1. The van der Waals surface area contributed by atoms with Crippen LogP contribution in [0.1, 0.15) is 43.6 Å². The maximum Gasteiger partial charge on any atom is 0.315 e. The fourth-order valence-corrected chi connectivity index (χ4v) is 3.46. The number of carboxylic acids is 1. The largest absolute Gasteiger partial charge is 0.481 e. The molecule has 0 unspecified atom stereocenters. The summed E-state index contributed by atoms with van der Waals surface area (Å²) in [5.74, 6) is -1.38. The molecule has 5 nitrogen and oxygen atoms in total. The Labute approximate surface area is 144 Å². The predicted molar refractivity (Wildman–Crippen MR) is 87.6 cm³/mol. The van der Waals surface area contributed by atoms with Gasteiger partial charge in [-0.25, -0.2) is 9.18 Å². The summed E-state index contributed by atoms with van der Waals surface area (Å²) >= 11 is 5.67. The molecule has 1 aromatic carbocycles. The first-order valence-corrected chi connectivity index (χ1v) is 8.56. The fraction of sp³-hybridized carbons (Fsp3) is 0.529. The number of urea groups is 1. The van der Waals surface area contributed by atoms with Crippen molar-refractivity contribution < 1.29 is 19.1 Å². The van der Waals surface area contributed by atoms with E-state index in [0.29, 0.717) is 25.7 Å². The summed E-state index contributed by atoms with van der Waals surface area (Å²) in [6.45, 7) is 0. The summed E-state index contributed by atoms with van der Waals surface area (Å²) in [6.07, 6.45) is 3.33. The van der Waals surface area contributed by atoms with Crippen molar-refractivity contribution in [3.8, 4) is 0 Å². The Balaban J connectivity index is 1.44. The Morgan fingerprint density at radius 3 is 2.50 bits per heavy atom. The molecule has 0 heterocycles. The van der Waals surface area contributed by atoms with E-state index >= 15 is 0 Å². The molecule has 7 heteroatoms. The first-order chi connectivity index (χ1) is 11.4. The monoisotopic (exact) mass is 354 g/mol. The third-order valence-electron chi connectivity index (χ3n) is 4.89. The van der Waals surface area contributed by atoms with Crippen LogP contribution >= 0.6 is 11.6 Å². The molecular weight excluding hydrogens is 335 g/mol. The Bertz CT molecular complexity index is 647. The van der Waals surface area contributed by atoms with Gasteiger partial charge < -0.3 is 15.7 Å². The van der Waals surface area contributed by atoms with Crippen LogP contribution in [0.2, 0.25) is 5.02 Å². The van der Waals surface area contributed by atoms with Crippen molar-refractivity contribution in [3.05, 3.63) is 34.6 Å². The van der Waals surface area contributed by atoms with Crippen molar-refractivity contribution in [2.75, 3.05) is 0 Å². The molecule has 2 atom stereocenters. The van der Waals surface area contributed by atoms with Crippen LogP contribution in [0, 0.1) is 11.7 Å². The molecule has 2 amide bonds. The van der Waals surface area contributed by atoms with Gasteiger partial charge >= 0.3 is 12.0 Å². The minimum Gasteiger partial charge on any atom is -0.481 e. The maximum atomic E-state index is 13.5. The van der Waals surface area contributed by atoms with Crippen LogP contribution in [0.25, 0.3) is 0 Å². The van der Waals surface area contributed by atoms with E-state index in [1.54, 1.807) is 6.07 Å². The van der Waals surface area contributed by atoms with Gasteiger partial charge in [-0.2, -0.15) is 0 Å². The van der Waals surface area contributed by atoms with Gasteiger partial charge in [0.1, 0.15) is 5.82 Å². The number of nitrogens with one attached hydrogen (secondary N) is 2. The third-order valence-corrected chi connectivity index (χ3v) is 5.20. The highest BCUT2D eigenvalue weighted by molar-refractivity contribution is 6.30. The summed E-state index contributed by atoms with van der Waals surface area (Å²) < 4.78 is 13.5. The van der Waals surface area contributed by atoms with E-state index < -0.39 is 11.8 Å². The Morgan fingerprint density at radius 1 is 1.17 bits per heavy atom. The zero-order chi connectivity index (χ0) is 17.3. The quantitative estimate of drug-likeness (QED) is 0.776. The number of rotatable bonds is 4. The summed E-state index contributed by atoms with van der Waals surface area (Å²) in [6, 6.07) is 4.51. The number of carbonyl (C=O) groups excluding carboxylic acids is 1. The predicted octanol–water partition coefficient (Wildman–Crippen LogP) is 3.28. The molecule has 2 fully saturated rings. The molecule has 0 bridgehead atoms. The van der Waals surface area contributed by atoms with Crippen LogP contribution < -0.4 is 10.6 Å². The van der Waals surface area contributed by atoms with E-state index in [0.717, 1.165) is 12.0 Å². The number of amides is 2. The van der Waals surface area contributed by atoms with Crippen molar-refractivity contribution in [1.29, 1.82) is 0 Å². The van der Waals surface area contributed by atoms with E-state index in [1.165, 1.54) is 12.1 Å². The molecule has 0 saturated heterocycles. The SMILES string of the molecule is O=C(NC1CCC(C(=O)O)CC1)N[C@@H]1C[C@H]1c1ccc(Cl)c(F)c1. The van der Waals surface area contributed by atoms with Crippen molar-refractivity contribution in [2.24, 2.45) is 5.92 Å². The van der Waals surface area contributed by atoms with Crippen LogP contribution in [0.5, 0.6) is 0 Å². The van der Waals surface area contributed by atoms with Crippen molar-refractivity contribution in [1.82, 2.24) is 10.6 Å². The molecule has 2 saturated carbocycles. The summed E-state index contributed by atoms with van der Waals surface area (Å²) in [5.41, 5.74) is 0.837. The van der Waals surface area contributed by atoms with Crippen LogP contribution in [0.4, 0.5) is 9.18 Å². The Hall–Kier alpha value is -1.82. The minimum absolute atomic E-state index is 0.000865. The second kappa shape index (κ2) is 6.97. The standard InChI is InChI=1S/C17H20ClFN2O3/c18-13-6-3-10(7-14(13)19)12-8-15(12)21-17(24)20-11-4-1-9(2-5-11)16(22)23/h3,6-7,9,11-12,15H,1-2,4-5,8H2,(H,22,23)(H2,20,21,24)/t9?,11?,12-,15+/m0/s1. The lowest BCUT2D eigenvalue weighted by Gasteiger charge is -2.26. The smallest absolute Gasteiger partial charge is 0.315 e. The molecule has 3 N–H and O–H groups in total. The molecule has 3 rings (SSSR count). The maximum absolute atomic E-state index is 13.5. The molecule has 2 aliphatic rings. The van der Waals surface area contributed by atoms with Crippen LogP contribution in [0.3, 0.4) is 0 Å². The second-order valence-electron chi connectivity index (χ2n) is 6.63. The average Bonchev–Trinajstić information content (AvgIpc) is 3.29. The van der Waals surface area contributed by atoms with E-state index in [-0.39, 0.29) is 35.0 Å². The van der Waals surface area contributed by atoms with Gasteiger partial charge in [-0.3, -0.25) is 4.79 Å². The van der Waals surface area contributed by atoms with Crippen molar-refractivity contribution in [3.63, 3.8) is 0 Å². The molecule has 0 radical (unpaired) electrons. The van der Waals surface area contributed by atoms with Crippen LogP contribution in [-0.2, 0) is 4.79 Å². The van der Waals surface area contributed by atoms with Gasteiger partial charge in [-0.05, 0) is 49.8 Å². The van der Waals surface area contributed by atoms with Crippen molar-refractivity contribution >= 4 is 23.6 Å². The molecule has 0 aromatic heterocycles. The van der Waals surface area contributed by atoms with E-state index in [2.05, 4.69) is 10.6 Å². The van der Waals surface area contributed by atoms with Crippen LogP contribution in [0.15, 0.2) is 18.2 Å². The lowest BCUT2D eigenvalue weighted by atomic mass is 9.86. The number of hydrogen-bond donors (Lipinski definition) is 3. The van der Waals surface area contributed by atoms with E-state index in [1.807, 2.05) is 0 Å². The number of carboxylic acid groups (broad SMARTS) is 1. The topological polar surface area (TPSA) is 78.4 Å². The van der Waals surface area contributed by atoms with Crippen molar-refractivity contribution in [2.45, 2.75) is 50.1 Å². The number of aliphatic carboxylic acids is 1. The van der Waals surface area contributed by atoms with Gasteiger partial charge in [0.25, 0.3) is 0 Å². The molecule has 2 aliphatic carbocycles. The number of halogens is 2. The summed E-state index contributed by atoms with van der Waals surface area (Å²) in [5, 5.41) is 14.9. The zero-order valence-electron chi connectivity index (χ0n) is 13.1. The summed E-state index contributed by atoms with van der Waals surface area (Å²) in [7, 11) is 0. The van der Waals surface area contributed by atoms with Gasteiger partial charge in [0.05, 0.1) is 10.9 Å². The summed E-state index contributed by atoms with van der Waals surface area (Å²) in [4.78, 5) is 23.0. The van der Waals surface area contributed by atoms with E-state index in [4.69, 9.17) is 16.7 Å². The number of carbonyl (C=O) groups is 2. The van der Waals surface area contributed by atoms with Gasteiger partial charge in [0, 0.05) is 18.0 Å². The highest BCUT2D eigenvalue weighted by Crippen LogP contribution is 2.41. The van der Waals surface area contributed by atoms with Gasteiger partial charge in [0.2, 0.25) is 0 Å². The van der Waals surface area contributed by atoms with Gasteiger partial charge in [-0.1, -0.05) is 17.7 Å². The molecule has 0 aliphatic heterocycles. The Kier molecular flexibility index (Phi) is 4.94. The van der Waals surface area contributed by atoms with Crippen LogP contribution in [-0.4, -0.2) is 29.2 Å². The normalized spacial score (nSPS) is 28.9. The average molecular weight is 355 g/mol. The lowest BCUT2D eigenvalue weighted by molar-refractivity contribution is -0.142. The molecular formula is C17H20ClFN2O3. The Morgan fingerprint density at radius 2 is 1.88 bits per heavy atom. The molecule has 0 spiro atoms. The lowest BCUT2D eigenvalue weighted by Crippen LogP contribution is -2.45. The second-order valence-corrected chi connectivity index (χ2v) is 7.03. The fourth-order valence-electron chi connectivity index (χ4n) is 3.35. The molecule has 130 valence electrons. The highest BCUT2D eigenvalue weighted by atomic mass is 35.5. The number of hydrogen-bond acceptors (Lipinski definition) is 2. The highest BCUT2D eigenvalue weighted by Gasteiger charge is 2.40. The molecule has 1 aromatic rings. The first-order valence-electron chi connectivity index (χ1n) is 8.19. The van der Waals surface area contributed by atoms with Gasteiger partial charge in [-0.15, -0.1) is 0 Å².